The molecule has 20 heavy (non-hydrogen) atoms. The highest BCUT2D eigenvalue weighted by molar-refractivity contribution is 6.08. The van der Waals surface area contributed by atoms with Gasteiger partial charge in [0.25, 0.3) is 0 Å². The molecule has 3 saturated carbocycles. The molecular weight excluding hydrogens is 241 g/mol. The average Bonchev–Trinajstić information content (AvgIpc) is 3.00. The topological polar surface area (TPSA) is 26.0 Å². The van der Waals surface area contributed by atoms with Gasteiger partial charge in [0.05, 0.1) is 7.85 Å². The van der Waals surface area contributed by atoms with Gasteiger partial charge in [0.1, 0.15) is 0 Å². The predicted octanol–water partition coefficient (Wildman–Crippen LogP) is 4.03. The molecule has 0 heterocycles. The molecule has 3 aliphatic carbocycles. The van der Waals surface area contributed by atoms with Crippen molar-refractivity contribution in [3.8, 4) is 0 Å². The summed E-state index contributed by atoms with van der Waals surface area (Å²) in [6.45, 7) is 4.85. The van der Waals surface area contributed by atoms with Crippen LogP contribution in [0.25, 0.3) is 0 Å². The van der Waals surface area contributed by atoms with E-state index < -0.39 is 0 Å². The standard InChI is InChI=1S/C18H32BN/c1-11(2)14-6-15(13-4-3-12(5-13)10-19)8-16(7-14)17-9-18(17)20/h11-18H,3-10,20H2,1-2H3. The summed E-state index contributed by atoms with van der Waals surface area (Å²) in [6, 6.07) is 0.534. The largest absolute Gasteiger partial charge is 0.327 e. The minimum absolute atomic E-state index is 0.534. The van der Waals surface area contributed by atoms with Crippen LogP contribution < -0.4 is 5.73 Å². The Morgan fingerprint density at radius 3 is 2.20 bits per heavy atom. The van der Waals surface area contributed by atoms with Crippen molar-refractivity contribution in [1.82, 2.24) is 0 Å². The van der Waals surface area contributed by atoms with Gasteiger partial charge in [0, 0.05) is 6.04 Å². The maximum Gasteiger partial charge on any atom is 0.0656 e. The Morgan fingerprint density at radius 2 is 1.65 bits per heavy atom. The zero-order valence-corrected chi connectivity index (χ0v) is 13.4. The summed E-state index contributed by atoms with van der Waals surface area (Å²) < 4.78 is 0. The van der Waals surface area contributed by atoms with Gasteiger partial charge in [-0.25, -0.2) is 0 Å². The molecule has 0 bridgehead atoms. The van der Waals surface area contributed by atoms with Crippen LogP contribution in [0.3, 0.4) is 0 Å². The fourth-order valence-corrected chi connectivity index (χ4v) is 5.27. The lowest BCUT2D eigenvalue weighted by atomic mass is 9.65. The first-order chi connectivity index (χ1) is 9.58. The number of hydrogen-bond donors (Lipinski definition) is 1. The summed E-state index contributed by atoms with van der Waals surface area (Å²) in [5.74, 6) is 6.37. The van der Waals surface area contributed by atoms with Crippen LogP contribution in [0, 0.1) is 41.4 Å². The van der Waals surface area contributed by atoms with E-state index in [0.717, 1.165) is 47.7 Å². The first-order valence-corrected chi connectivity index (χ1v) is 9.04. The molecule has 0 aromatic rings. The number of nitrogens with two attached hydrogens (primary N) is 1. The maximum absolute atomic E-state index is 6.14. The van der Waals surface area contributed by atoms with Crippen LogP contribution >= 0.6 is 0 Å². The number of hydrogen-bond acceptors (Lipinski definition) is 1. The van der Waals surface area contributed by atoms with E-state index in [2.05, 4.69) is 13.8 Å². The van der Waals surface area contributed by atoms with E-state index in [4.69, 9.17) is 13.6 Å². The second-order valence-electron chi connectivity index (χ2n) is 8.47. The van der Waals surface area contributed by atoms with Gasteiger partial charge in [0.2, 0.25) is 0 Å². The van der Waals surface area contributed by atoms with E-state index in [1.165, 1.54) is 44.9 Å². The van der Waals surface area contributed by atoms with Gasteiger partial charge >= 0.3 is 0 Å². The molecule has 2 radical (unpaired) electrons. The van der Waals surface area contributed by atoms with Gasteiger partial charge in [-0.2, -0.15) is 0 Å². The van der Waals surface area contributed by atoms with Crippen molar-refractivity contribution in [2.45, 2.75) is 71.2 Å². The zero-order valence-electron chi connectivity index (χ0n) is 13.4. The second-order valence-corrected chi connectivity index (χ2v) is 8.47. The van der Waals surface area contributed by atoms with Crippen LogP contribution in [0.1, 0.15) is 58.8 Å². The minimum Gasteiger partial charge on any atom is -0.327 e. The Labute approximate surface area is 126 Å². The SMILES string of the molecule is [B]CC1CCC(C2CC(C(C)C)CC(C3CC3N)C2)C1. The highest BCUT2D eigenvalue weighted by Gasteiger charge is 2.46. The quantitative estimate of drug-likeness (QED) is 0.769. The Bertz CT molecular complexity index is 329. The minimum atomic E-state index is 0.534. The van der Waals surface area contributed by atoms with Crippen molar-refractivity contribution < 1.29 is 0 Å². The van der Waals surface area contributed by atoms with Gasteiger partial charge < -0.3 is 5.73 Å². The molecule has 0 amide bonds. The van der Waals surface area contributed by atoms with Crippen molar-refractivity contribution in [2.75, 3.05) is 0 Å². The fourth-order valence-electron chi connectivity index (χ4n) is 5.27. The van der Waals surface area contributed by atoms with Gasteiger partial charge in [-0.15, -0.1) is 0 Å². The maximum atomic E-state index is 6.14. The second kappa shape index (κ2) is 6.03. The lowest BCUT2D eigenvalue weighted by molar-refractivity contribution is 0.104. The first kappa shape index (κ1) is 14.9. The zero-order chi connectivity index (χ0) is 14.3. The molecule has 2 N–H and O–H groups in total. The Balaban J connectivity index is 1.63. The summed E-state index contributed by atoms with van der Waals surface area (Å²) in [6.07, 6.45) is 10.9. The smallest absolute Gasteiger partial charge is 0.0656 e. The third-order valence-electron chi connectivity index (χ3n) is 6.84. The van der Waals surface area contributed by atoms with E-state index in [-0.39, 0.29) is 0 Å². The van der Waals surface area contributed by atoms with E-state index in [1.54, 1.807) is 0 Å². The van der Waals surface area contributed by atoms with Crippen LogP contribution in [0.4, 0.5) is 0 Å². The van der Waals surface area contributed by atoms with Crippen LogP contribution in [0.2, 0.25) is 6.32 Å². The molecule has 0 aromatic carbocycles. The third-order valence-corrected chi connectivity index (χ3v) is 6.84. The van der Waals surface area contributed by atoms with Crippen LogP contribution in [0.5, 0.6) is 0 Å². The van der Waals surface area contributed by atoms with E-state index in [0.29, 0.717) is 6.04 Å². The Hall–Kier alpha value is 0.0249. The van der Waals surface area contributed by atoms with Gasteiger partial charge in [-0.1, -0.05) is 26.6 Å². The summed E-state index contributed by atoms with van der Waals surface area (Å²) in [5.41, 5.74) is 6.14. The molecule has 112 valence electrons. The molecular formula is C18H32BN. The molecule has 0 saturated heterocycles. The highest BCUT2D eigenvalue weighted by atomic mass is 14.8. The summed E-state index contributed by atoms with van der Waals surface area (Å²) >= 11 is 0. The highest BCUT2D eigenvalue weighted by Crippen LogP contribution is 2.52. The molecule has 7 unspecified atom stereocenters. The first-order valence-electron chi connectivity index (χ1n) is 9.04. The summed E-state index contributed by atoms with van der Waals surface area (Å²) in [4.78, 5) is 0. The third kappa shape index (κ3) is 3.10. The Kier molecular flexibility index (Phi) is 4.50. The van der Waals surface area contributed by atoms with Crippen molar-refractivity contribution in [2.24, 2.45) is 47.2 Å². The van der Waals surface area contributed by atoms with Gasteiger partial charge in [0.15, 0.2) is 0 Å². The summed E-state index contributed by atoms with van der Waals surface area (Å²) in [7, 11) is 5.89. The lowest BCUT2D eigenvalue weighted by Crippen LogP contribution is -2.31. The molecule has 0 aromatic heterocycles. The monoisotopic (exact) mass is 273 g/mol. The van der Waals surface area contributed by atoms with Crippen molar-refractivity contribution in [1.29, 1.82) is 0 Å². The molecule has 1 nitrogen and oxygen atoms in total. The van der Waals surface area contributed by atoms with Crippen LogP contribution in [0.15, 0.2) is 0 Å². The molecule has 3 aliphatic rings. The van der Waals surface area contributed by atoms with Crippen molar-refractivity contribution in [3.05, 3.63) is 0 Å². The van der Waals surface area contributed by atoms with E-state index in [1.807, 2.05) is 0 Å². The van der Waals surface area contributed by atoms with Gasteiger partial charge in [-0.3, -0.25) is 0 Å². The molecule has 0 spiro atoms. The Morgan fingerprint density at radius 1 is 0.950 bits per heavy atom. The molecule has 3 rings (SSSR count). The molecule has 0 aliphatic heterocycles. The predicted molar refractivity (Wildman–Crippen MR) is 86.6 cm³/mol. The normalized spacial score (nSPS) is 48.7. The van der Waals surface area contributed by atoms with E-state index in [9.17, 15) is 0 Å². The lowest BCUT2D eigenvalue weighted by Gasteiger charge is -2.40. The average molecular weight is 273 g/mol. The summed E-state index contributed by atoms with van der Waals surface area (Å²) in [5, 5.41) is 0. The van der Waals surface area contributed by atoms with Gasteiger partial charge in [-0.05, 0) is 80.0 Å². The van der Waals surface area contributed by atoms with Crippen LogP contribution in [-0.2, 0) is 0 Å². The van der Waals surface area contributed by atoms with Crippen molar-refractivity contribution >= 4 is 7.85 Å². The number of rotatable bonds is 4. The van der Waals surface area contributed by atoms with Crippen molar-refractivity contribution in [3.63, 3.8) is 0 Å². The molecule has 7 atom stereocenters. The fraction of sp³-hybridized carbons (Fsp3) is 1.00. The molecule has 3 fully saturated rings. The van der Waals surface area contributed by atoms with Crippen LogP contribution in [-0.4, -0.2) is 13.9 Å². The van der Waals surface area contributed by atoms with E-state index >= 15 is 0 Å². The molecule has 2 heteroatoms.